The number of hydrogen-bond acceptors (Lipinski definition) is 4. The minimum atomic E-state index is -0.144. The predicted octanol–water partition coefficient (Wildman–Crippen LogP) is 5.02. The highest BCUT2D eigenvalue weighted by Crippen LogP contribution is 2.25. The number of halogens is 1. The van der Waals surface area contributed by atoms with Gasteiger partial charge in [-0.25, -0.2) is 4.98 Å². The molecule has 0 radical (unpaired) electrons. The molecule has 0 saturated carbocycles. The van der Waals surface area contributed by atoms with Crippen LogP contribution in [0.2, 0.25) is 5.02 Å². The van der Waals surface area contributed by atoms with Crippen LogP contribution in [0.15, 0.2) is 46.6 Å². The van der Waals surface area contributed by atoms with Crippen molar-refractivity contribution in [3.05, 3.63) is 79.4 Å². The van der Waals surface area contributed by atoms with Gasteiger partial charge in [-0.3, -0.25) is 4.79 Å². The molecule has 1 aromatic carbocycles. The molecule has 7 heteroatoms. The van der Waals surface area contributed by atoms with Gasteiger partial charge in [0.25, 0.3) is 5.56 Å². The van der Waals surface area contributed by atoms with Gasteiger partial charge in [0, 0.05) is 32.5 Å². The summed E-state index contributed by atoms with van der Waals surface area (Å²) in [6, 6.07) is 9.75. The molecule has 0 saturated heterocycles. The van der Waals surface area contributed by atoms with Gasteiger partial charge in [-0.1, -0.05) is 11.6 Å². The van der Waals surface area contributed by atoms with E-state index >= 15 is 0 Å². The number of hydrogen-bond donors (Lipinski definition) is 0. The van der Waals surface area contributed by atoms with Gasteiger partial charge in [0.1, 0.15) is 11.2 Å². The minimum Gasteiger partial charge on any atom is -0.318 e. The average Bonchev–Trinajstić information content (AvgIpc) is 3.11. The second-order valence-electron chi connectivity index (χ2n) is 6.74. The van der Waals surface area contributed by atoms with Crippen LogP contribution >= 0.6 is 22.9 Å². The summed E-state index contributed by atoms with van der Waals surface area (Å²) in [7, 11) is 0. The predicted molar refractivity (Wildman–Crippen MR) is 117 cm³/mol. The molecule has 0 atom stereocenters. The molecule has 0 aliphatic heterocycles. The molecule has 0 spiro atoms. The SMILES string of the molecule is Cc1sc2ncn(/N=C\c3cc(C)n(-c4ccc(Cl)cc4)c3C)c(=O)c2c1C. The van der Waals surface area contributed by atoms with Crippen molar-refractivity contribution in [3.63, 3.8) is 0 Å². The van der Waals surface area contributed by atoms with E-state index in [0.717, 1.165) is 37.9 Å². The van der Waals surface area contributed by atoms with E-state index < -0.39 is 0 Å². The van der Waals surface area contributed by atoms with Crippen LogP contribution in [0.4, 0.5) is 0 Å². The molecular weight excluding hydrogens is 392 g/mol. The summed E-state index contributed by atoms with van der Waals surface area (Å²) in [4.78, 5) is 19.0. The van der Waals surface area contributed by atoms with Crippen molar-refractivity contribution < 1.29 is 0 Å². The van der Waals surface area contributed by atoms with E-state index in [4.69, 9.17) is 11.6 Å². The third-order valence-electron chi connectivity index (χ3n) is 4.95. The van der Waals surface area contributed by atoms with Crippen LogP contribution in [0.25, 0.3) is 15.9 Å². The molecule has 5 nitrogen and oxygen atoms in total. The van der Waals surface area contributed by atoms with Crippen molar-refractivity contribution >= 4 is 39.4 Å². The lowest BCUT2D eigenvalue weighted by Crippen LogP contribution is -2.17. The Morgan fingerprint density at radius 1 is 1.14 bits per heavy atom. The lowest BCUT2D eigenvalue weighted by Gasteiger charge is -2.09. The second kappa shape index (κ2) is 7.04. The fourth-order valence-corrected chi connectivity index (χ4v) is 4.45. The number of aromatic nitrogens is 3. The summed E-state index contributed by atoms with van der Waals surface area (Å²) < 4.78 is 3.43. The highest BCUT2D eigenvalue weighted by Gasteiger charge is 2.12. The Balaban J connectivity index is 1.75. The normalized spacial score (nSPS) is 11.8. The zero-order valence-electron chi connectivity index (χ0n) is 16.0. The Labute approximate surface area is 171 Å². The van der Waals surface area contributed by atoms with Crippen molar-refractivity contribution in [2.45, 2.75) is 27.7 Å². The van der Waals surface area contributed by atoms with Crippen molar-refractivity contribution in [2.24, 2.45) is 5.10 Å². The van der Waals surface area contributed by atoms with Crippen LogP contribution in [0.3, 0.4) is 0 Å². The molecule has 4 aromatic rings. The monoisotopic (exact) mass is 410 g/mol. The number of thiophene rings is 1. The number of fused-ring (bicyclic) bond motifs is 1. The van der Waals surface area contributed by atoms with E-state index in [1.165, 1.54) is 22.3 Å². The summed E-state index contributed by atoms with van der Waals surface area (Å²) in [6.45, 7) is 8.02. The summed E-state index contributed by atoms with van der Waals surface area (Å²) in [5.41, 5.74) is 4.92. The quantitative estimate of drug-likeness (QED) is 0.445. The smallest absolute Gasteiger partial charge is 0.282 e. The highest BCUT2D eigenvalue weighted by atomic mass is 35.5. The zero-order valence-corrected chi connectivity index (χ0v) is 17.6. The molecule has 3 aromatic heterocycles. The molecule has 28 heavy (non-hydrogen) atoms. The third kappa shape index (κ3) is 3.08. The van der Waals surface area contributed by atoms with Gasteiger partial charge < -0.3 is 4.57 Å². The second-order valence-corrected chi connectivity index (χ2v) is 8.38. The number of rotatable bonds is 3. The molecule has 0 aliphatic carbocycles. The van der Waals surface area contributed by atoms with Crippen molar-refractivity contribution in [2.75, 3.05) is 0 Å². The Morgan fingerprint density at radius 2 is 1.86 bits per heavy atom. The summed E-state index contributed by atoms with van der Waals surface area (Å²) in [5.74, 6) is 0. The van der Waals surface area contributed by atoms with Gasteiger partial charge in [-0.05, 0) is 63.6 Å². The molecule has 0 unspecified atom stereocenters. The van der Waals surface area contributed by atoms with E-state index in [0.29, 0.717) is 10.4 Å². The maximum absolute atomic E-state index is 12.8. The molecule has 0 amide bonds. The maximum atomic E-state index is 12.8. The van der Waals surface area contributed by atoms with Crippen molar-refractivity contribution in [3.8, 4) is 5.69 Å². The van der Waals surface area contributed by atoms with Crippen molar-refractivity contribution in [1.82, 2.24) is 14.2 Å². The highest BCUT2D eigenvalue weighted by molar-refractivity contribution is 7.18. The maximum Gasteiger partial charge on any atom is 0.282 e. The van der Waals surface area contributed by atoms with Gasteiger partial charge in [-0.2, -0.15) is 9.78 Å². The number of nitrogens with zero attached hydrogens (tertiary/aromatic N) is 4. The number of aryl methyl sites for hydroxylation is 3. The molecule has 4 rings (SSSR count). The lowest BCUT2D eigenvalue weighted by atomic mass is 10.2. The molecule has 3 heterocycles. The fourth-order valence-electron chi connectivity index (χ4n) is 3.34. The van der Waals surface area contributed by atoms with Gasteiger partial charge in [0.15, 0.2) is 0 Å². The Bertz CT molecular complexity index is 1280. The standard InChI is InChI=1S/C21H19ClN4OS/c1-12-9-16(14(3)26(12)18-7-5-17(22)6-8-18)10-24-25-11-23-20-19(21(25)27)13(2)15(4)28-20/h5-11H,1-4H3/b24-10-. The Hall–Kier alpha value is -2.70. The van der Waals surface area contributed by atoms with Crippen LogP contribution in [0, 0.1) is 27.7 Å². The van der Waals surface area contributed by atoms with Crippen LogP contribution in [-0.4, -0.2) is 20.4 Å². The van der Waals surface area contributed by atoms with E-state index in [1.54, 1.807) is 6.21 Å². The zero-order chi connectivity index (χ0) is 20.0. The summed E-state index contributed by atoms with van der Waals surface area (Å²) in [6.07, 6.45) is 3.19. The molecule has 0 bridgehead atoms. The molecular formula is C21H19ClN4OS. The average molecular weight is 411 g/mol. The largest absolute Gasteiger partial charge is 0.318 e. The Morgan fingerprint density at radius 3 is 2.57 bits per heavy atom. The summed E-state index contributed by atoms with van der Waals surface area (Å²) in [5, 5.41) is 5.74. The van der Waals surface area contributed by atoms with Crippen LogP contribution in [0.5, 0.6) is 0 Å². The Kier molecular flexibility index (Phi) is 4.69. The topological polar surface area (TPSA) is 52.2 Å². The lowest BCUT2D eigenvalue weighted by molar-refractivity contribution is 0.817. The van der Waals surface area contributed by atoms with Crippen LogP contribution in [-0.2, 0) is 0 Å². The third-order valence-corrected chi connectivity index (χ3v) is 6.32. The fraction of sp³-hybridized carbons (Fsp3) is 0.190. The van der Waals surface area contributed by atoms with Crippen molar-refractivity contribution in [1.29, 1.82) is 0 Å². The van der Waals surface area contributed by atoms with E-state index in [9.17, 15) is 4.79 Å². The van der Waals surface area contributed by atoms with Crippen LogP contribution in [0.1, 0.15) is 27.4 Å². The minimum absolute atomic E-state index is 0.144. The number of benzene rings is 1. The van der Waals surface area contributed by atoms with Crippen LogP contribution < -0.4 is 5.56 Å². The molecule has 142 valence electrons. The first kappa shape index (κ1) is 18.7. The first-order valence-electron chi connectivity index (χ1n) is 8.83. The molecule has 0 aliphatic rings. The van der Waals surface area contributed by atoms with E-state index in [1.807, 2.05) is 58.0 Å². The first-order chi connectivity index (χ1) is 13.4. The van der Waals surface area contributed by atoms with Gasteiger partial charge in [-0.15, -0.1) is 11.3 Å². The summed E-state index contributed by atoms with van der Waals surface area (Å²) >= 11 is 7.54. The molecule has 0 N–H and O–H groups in total. The molecule has 0 fully saturated rings. The van der Waals surface area contributed by atoms with Gasteiger partial charge >= 0.3 is 0 Å². The van der Waals surface area contributed by atoms with E-state index in [-0.39, 0.29) is 5.56 Å². The van der Waals surface area contributed by atoms with Gasteiger partial charge in [0.05, 0.1) is 11.6 Å². The van der Waals surface area contributed by atoms with E-state index in [2.05, 4.69) is 14.7 Å². The first-order valence-corrected chi connectivity index (χ1v) is 10.0. The van der Waals surface area contributed by atoms with Gasteiger partial charge in [0.2, 0.25) is 0 Å².